The van der Waals surface area contributed by atoms with Gasteiger partial charge in [0.2, 0.25) is 12.2 Å². The second-order valence-corrected chi connectivity index (χ2v) is 7.72. The van der Waals surface area contributed by atoms with Crippen LogP contribution in [-0.4, -0.2) is 76.5 Å². The Hall–Kier alpha value is -1.79. The lowest BCUT2D eigenvalue weighted by atomic mass is 10.0. The second-order valence-electron chi connectivity index (χ2n) is 7.72. The summed E-state index contributed by atoms with van der Waals surface area (Å²) in [6.45, 7) is -0.432. The van der Waals surface area contributed by atoms with E-state index in [1.165, 1.54) is 0 Å². The van der Waals surface area contributed by atoms with Gasteiger partial charge in [-0.1, -0.05) is 12.1 Å². The molecule has 30 heavy (non-hydrogen) atoms. The molecule has 10 heteroatoms. The molecular weight excluding hydrogens is 396 g/mol. The molecule has 0 aliphatic carbocycles. The molecule has 0 spiro atoms. The van der Waals surface area contributed by atoms with Gasteiger partial charge in [0.05, 0.1) is 37.6 Å². The first-order chi connectivity index (χ1) is 14.4. The first kappa shape index (κ1) is 22.9. The molecule has 2 aliphatic rings. The number of rotatable bonds is 7. The second kappa shape index (κ2) is 10.5. The van der Waals surface area contributed by atoms with Crippen molar-refractivity contribution in [1.82, 2.24) is 5.32 Å². The summed E-state index contributed by atoms with van der Waals surface area (Å²) in [4.78, 5) is 12.5. The lowest BCUT2D eigenvalue weighted by Gasteiger charge is -2.33. The number of nitrogens with one attached hydrogen (secondary N) is 1. The minimum atomic E-state index is -0.958. The monoisotopic (exact) mass is 426 g/mol. The van der Waals surface area contributed by atoms with Crippen molar-refractivity contribution in [1.29, 1.82) is 0 Å². The molecule has 10 nitrogen and oxygen atoms in total. The molecule has 0 saturated carbocycles. The van der Waals surface area contributed by atoms with Crippen LogP contribution in [0.15, 0.2) is 24.3 Å². The maximum Gasteiger partial charge on any atom is 0.243 e. The number of amides is 1. The zero-order valence-electron chi connectivity index (χ0n) is 16.6. The number of hydrogen-bond donors (Lipinski definition) is 6. The van der Waals surface area contributed by atoms with Gasteiger partial charge in [-0.15, -0.1) is 0 Å². The van der Waals surface area contributed by atoms with Crippen molar-refractivity contribution in [2.24, 2.45) is 5.73 Å². The van der Waals surface area contributed by atoms with Gasteiger partial charge in [0, 0.05) is 25.7 Å². The minimum Gasteiger partial charge on any atom is -0.465 e. The first-order valence-corrected chi connectivity index (χ1v) is 10.1. The molecule has 7 N–H and O–H groups in total. The summed E-state index contributed by atoms with van der Waals surface area (Å²) in [5.41, 5.74) is 6.59. The molecule has 2 heterocycles. The Morgan fingerprint density at radius 2 is 1.63 bits per heavy atom. The largest absolute Gasteiger partial charge is 0.465 e. The highest BCUT2D eigenvalue weighted by atomic mass is 16.7. The Kier molecular flexibility index (Phi) is 8.00. The van der Waals surface area contributed by atoms with Gasteiger partial charge in [-0.3, -0.25) is 4.79 Å². The fourth-order valence-corrected chi connectivity index (χ4v) is 3.65. The van der Waals surface area contributed by atoms with Crippen LogP contribution in [0.3, 0.4) is 0 Å². The summed E-state index contributed by atoms with van der Waals surface area (Å²) in [5, 5.41) is 40.8. The third-order valence-corrected chi connectivity index (χ3v) is 5.22. The highest BCUT2D eigenvalue weighted by molar-refractivity contribution is 5.83. The summed E-state index contributed by atoms with van der Waals surface area (Å²) in [6, 6.07) is 5.62. The van der Waals surface area contributed by atoms with Crippen molar-refractivity contribution in [2.45, 2.75) is 68.7 Å². The molecule has 1 aromatic rings. The SMILES string of the molecule is NC(C(=O)N[C@H]1C[C@@H](O)CC(CO)O1)c1ccc(O[C@H]2C[C@@H](O)CC(CO)O2)cc1. The highest BCUT2D eigenvalue weighted by Gasteiger charge is 2.31. The van der Waals surface area contributed by atoms with E-state index >= 15 is 0 Å². The van der Waals surface area contributed by atoms with E-state index in [4.69, 9.17) is 19.9 Å². The molecule has 2 fully saturated rings. The van der Waals surface area contributed by atoms with E-state index in [0.29, 0.717) is 30.6 Å². The van der Waals surface area contributed by atoms with E-state index in [-0.39, 0.29) is 19.6 Å². The van der Waals surface area contributed by atoms with Crippen molar-refractivity contribution >= 4 is 5.91 Å². The summed E-state index contributed by atoms with van der Waals surface area (Å²) in [5.74, 6) is 0.00986. The van der Waals surface area contributed by atoms with Crippen molar-refractivity contribution in [2.75, 3.05) is 13.2 Å². The third kappa shape index (κ3) is 6.11. The first-order valence-electron chi connectivity index (χ1n) is 10.1. The summed E-state index contributed by atoms with van der Waals surface area (Å²) < 4.78 is 16.8. The summed E-state index contributed by atoms with van der Waals surface area (Å²) in [6.07, 6.45) is -2.48. The zero-order chi connectivity index (χ0) is 21.7. The predicted molar refractivity (Wildman–Crippen MR) is 104 cm³/mol. The van der Waals surface area contributed by atoms with Crippen LogP contribution in [0, 0.1) is 0 Å². The number of carbonyl (C=O) groups excluding carboxylic acids is 1. The Balaban J connectivity index is 1.54. The van der Waals surface area contributed by atoms with Crippen molar-refractivity contribution in [3.8, 4) is 5.75 Å². The van der Waals surface area contributed by atoms with Crippen molar-refractivity contribution < 1.29 is 39.4 Å². The average molecular weight is 426 g/mol. The lowest BCUT2D eigenvalue weighted by molar-refractivity contribution is -0.184. The van der Waals surface area contributed by atoms with Crippen LogP contribution in [0.5, 0.6) is 5.75 Å². The van der Waals surface area contributed by atoms with Crippen LogP contribution in [0.1, 0.15) is 37.3 Å². The fourth-order valence-electron chi connectivity index (χ4n) is 3.65. The van der Waals surface area contributed by atoms with Crippen molar-refractivity contribution in [3.05, 3.63) is 29.8 Å². The Labute approximate surface area is 174 Å². The molecule has 0 radical (unpaired) electrons. The molecule has 0 bridgehead atoms. The van der Waals surface area contributed by atoms with E-state index in [0.717, 1.165) is 0 Å². The Morgan fingerprint density at radius 3 is 2.27 bits per heavy atom. The number of benzene rings is 1. The Morgan fingerprint density at radius 1 is 1.03 bits per heavy atom. The molecule has 2 aliphatic heterocycles. The number of aliphatic hydroxyl groups excluding tert-OH is 4. The van der Waals surface area contributed by atoms with Crippen LogP contribution in [-0.2, 0) is 14.3 Å². The molecule has 2 saturated heterocycles. The maximum absolute atomic E-state index is 12.5. The molecular formula is C20H30N2O8. The van der Waals surface area contributed by atoms with Gasteiger partial charge in [0.25, 0.3) is 0 Å². The van der Waals surface area contributed by atoms with E-state index in [1.54, 1.807) is 24.3 Å². The van der Waals surface area contributed by atoms with E-state index in [1.807, 2.05) is 0 Å². The zero-order valence-corrected chi connectivity index (χ0v) is 16.6. The van der Waals surface area contributed by atoms with Crippen LogP contribution in [0.25, 0.3) is 0 Å². The number of carbonyl (C=O) groups is 1. The molecule has 1 amide bonds. The normalized spacial score (nSPS) is 33.0. The van der Waals surface area contributed by atoms with Gasteiger partial charge < -0.3 is 45.7 Å². The molecule has 168 valence electrons. The molecule has 1 aromatic carbocycles. The van der Waals surface area contributed by atoms with E-state index < -0.39 is 48.9 Å². The van der Waals surface area contributed by atoms with Gasteiger partial charge in [0.15, 0.2) is 0 Å². The highest BCUT2D eigenvalue weighted by Crippen LogP contribution is 2.25. The quantitative estimate of drug-likeness (QED) is 0.317. The number of ether oxygens (including phenoxy) is 3. The van der Waals surface area contributed by atoms with E-state index in [2.05, 4.69) is 5.32 Å². The van der Waals surface area contributed by atoms with Crippen LogP contribution in [0.2, 0.25) is 0 Å². The van der Waals surface area contributed by atoms with Crippen molar-refractivity contribution in [3.63, 3.8) is 0 Å². The molecule has 3 unspecified atom stereocenters. The van der Waals surface area contributed by atoms with E-state index in [9.17, 15) is 25.2 Å². The Bertz CT molecular complexity index is 688. The number of nitrogens with two attached hydrogens (primary N) is 1. The minimum absolute atomic E-state index is 0.194. The maximum atomic E-state index is 12.5. The van der Waals surface area contributed by atoms with Gasteiger partial charge in [-0.05, 0) is 17.7 Å². The van der Waals surface area contributed by atoms with Gasteiger partial charge in [-0.25, -0.2) is 0 Å². The summed E-state index contributed by atoms with van der Waals surface area (Å²) >= 11 is 0. The summed E-state index contributed by atoms with van der Waals surface area (Å²) in [7, 11) is 0. The smallest absolute Gasteiger partial charge is 0.243 e. The molecule has 7 atom stereocenters. The van der Waals surface area contributed by atoms with Crippen LogP contribution < -0.4 is 15.8 Å². The lowest BCUT2D eigenvalue weighted by Crippen LogP contribution is -2.49. The van der Waals surface area contributed by atoms with Gasteiger partial charge in [-0.2, -0.15) is 0 Å². The number of aliphatic hydroxyl groups is 4. The average Bonchev–Trinajstić information content (AvgIpc) is 2.72. The molecule has 0 aromatic heterocycles. The molecule has 3 rings (SSSR count). The topological polar surface area (TPSA) is 164 Å². The number of hydrogen-bond acceptors (Lipinski definition) is 9. The van der Waals surface area contributed by atoms with Crippen LogP contribution in [0.4, 0.5) is 0 Å². The standard InChI is InChI=1S/C20H30N2O8/c21-19(20(27)22-17-7-12(25)5-15(9-23)28-17)11-1-3-14(4-2-11)29-18-8-13(26)6-16(10-24)30-18/h1-4,12-13,15-19,23-26H,5-10,21H2,(H,22,27)/t12-,13-,15?,16?,17+,18+,19?/m0/s1. The third-order valence-electron chi connectivity index (χ3n) is 5.22. The van der Waals surface area contributed by atoms with Crippen LogP contribution >= 0.6 is 0 Å². The predicted octanol–water partition coefficient (Wildman–Crippen LogP) is -1.10. The van der Waals surface area contributed by atoms with Gasteiger partial charge in [0.1, 0.15) is 18.0 Å². The van der Waals surface area contributed by atoms with Gasteiger partial charge >= 0.3 is 0 Å². The fraction of sp³-hybridized carbons (Fsp3) is 0.650.